The molecule has 0 aliphatic carbocycles. The van der Waals surface area contributed by atoms with E-state index in [0.29, 0.717) is 27.7 Å². The number of carbonyl (C=O) groups excluding carboxylic acids is 1. The molecule has 0 fully saturated rings. The first kappa shape index (κ1) is 22.1. The van der Waals surface area contributed by atoms with Crippen molar-refractivity contribution in [2.24, 2.45) is 0 Å². The first-order chi connectivity index (χ1) is 15.6. The minimum Gasteiger partial charge on any atom is -0.496 e. The fourth-order valence-electron chi connectivity index (χ4n) is 3.44. The summed E-state index contributed by atoms with van der Waals surface area (Å²) in [5.74, 6) is 0.710. The molecule has 0 saturated heterocycles. The number of carbonyl (C=O) groups is 1. The molecule has 0 saturated carbocycles. The molecule has 8 heteroatoms. The Bertz CT molecular complexity index is 1310. The van der Waals surface area contributed by atoms with E-state index in [2.05, 4.69) is 17.2 Å². The van der Waals surface area contributed by atoms with Gasteiger partial charge in [0, 0.05) is 11.3 Å². The lowest BCUT2D eigenvalue weighted by atomic mass is 10.1. The van der Waals surface area contributed by atoms with Gasteiger partial charge in [-0.2, -0.15) is 0 Å². The molecule has 0 spiro atoms. The highest BCUT2D eigenvalue weighted by atomic mass is 32.2. The maximum Gasteiger partial charge on any atom is 0.272 e. The van der Waals surface area contributed by atoms with Gasteiger partial charge in [0.1, 0.15) is 10.4 Å². The molecular weight excluding hydrogens is 442 g/mol. The Kier molecular flexibility index (Phi) is 6.92. The number of nitrogens with zero attached hydrogens (tertiary/aromatic N) is 2. The SMILES string of the molecule is CCc1ccccc1NC(=O)CSc1nc2ccsc2c(=O)n1Cc1ccccc1OC. The Labute approximate surface area is 194 Å². The zero-order valence-electron chi connectivity index (χ0n) is 17.8. The quantitative estimate of drug-likeness (QED) is 0.299. The number of rotatable bonds is 8. The van der Waals surface area contributed by atoms with E-state index in [0.717, 1.165) is 23.2 Å². The van der Waals surface area contributed by atoms with Gasteiger partial charge >= 0.3 is 0 Å². The number of nitrogens with one attached hydrogen (secondary N) is 1. The van der Waals surface area contributed by atoms with Gasteiger partial charge < -0.3 is 10.1 Å². The predicted octanol–water partition coefficient (Wildman–Crippen LogP) is 4.81. The van der Waals surface area contributed by atoms with Crippen LogP contribution in [0.3, 0.4) is 0 Å². The van der Waals surface area contributed by atoms with E-state index in [1.54, 1.807) is 11.7 Å². The van der Waals surface area contributed by atoms with E-state index in [4.69, 9.17) is 4.74 Å². The highest BCUT2D eigenvalue weighted by Gasteiger charge is 2.16. The first-order valence-corrected chi connectivity index (χ1v) is 12.1. The largest absolute Gasteiger partial charge is 0.496 e. The zero-order chi connectivity index (χ0) is 22.5. The van der Waals surface area contributed by atoms with Gasteiger partial charge in [0.15, 0.2) is 5.16 Å². The number of thiophene rings is 1. The van der Waals surface area contributed by atoms with Gasteiger partial charge in [-0.3, -0.25) is 14.2 Å². The molecule has 2 aromatic carbocycles. The van der Waals surface area contributed by atoms with Gasteiger partial charge in [0.25, 0.3) is 5.56 Å². The molecule has 0 radical (unpaired) electrons. The van der Waals surface area contributed by atoms with Crippen LogP contribution in [0.15, 0.2) is 69.9 Å². The molecule has 4 aromatic rings. The van der Waals surface area contributed by atoms with E-state index >= 15 is 0 Å². The van der Waals surface area contributed by atoms with Crippen LogP contribution >= 0.6 is 23.1 Å². The van der Waals surface area contributed by atoms with Crippen LogP contribution in [0, 0.1) is 0 Å². The lowest BCUT2D eigenvalue weighted by Gasteiger charge is -2.14. The average Bonchev–Trinajstić information content (AvgIpc) is 3.29. The van der Waals surface area contributed by atoms with Crippen molar-refractivity contribution in [1.82, 2.24) is 9.55 Å². The number of aromatic nitrogens is 2. The van der Waals surface area contributed by atoms with Crippen LogP contribution in [0.25, 0.3) is 10.2 Å². The number of ether oxygens (including phenoxy) is 1. The second-order valence-corrected chi connectivity index (χ2v) is 8.94. The number of amides is 1. The van der Waals surface area contributed by atoms with E-state index in [-0.39, 0.29) is 17.2 Å². The molecule has 32 heavy (non-hydrogen) atoms. The van der Waals surface area contributed by atoms with Crippen LogP contribution < -0.4 is 15.6 Å². The Morgan fingerprint density at radius 1 is 1.12 bits per heavy atom. The number of fused-ring (bicyclic) bond motifs is 1. The molecular formula is C24H23N3O3S2. The average molecular weight is 466 g/mol. The Morgan fingerprint density at radius 3 is 2.66 bits per heavy atom. The number of aryl methyl sites for hydroxylation is 1. The molecule has 2 aromatic heterocycles. The molecule has 0 bridgehead atoms. The van der Waals surface area contributed by atoms with Crippen molar-refractivity contribution in [2.45, 2.75) is 25.0 Å². The summed E-state index contributed by atoms with van der Waals surface area (Å²) in [6.45, 7) is 2.36. The lowest BCUT2D eigenvalue weighted by Crippen LogP contribution is -2.24. The van der Waals surface area contributed by atoms with Crippen LogP contribution in [-0.4, -0.2) is 28.3 Å². The summed E-state index contributed by atoms with van der Waals surface area (Å²) in [6, 6.07) is 17.2. The molecule has 164 valence electrons. The normalized spacial score (nSPS) is 10.9. The Hall–Kier alpha value is -3.10. The summed E-state index contributed by atoms with van der Waals surface area (Å²) < 4.78 is 7.67. The number of hydrogen-bond donors (Lipinski definition) is 1. The molecule has 1 N–H and O–H groups in total. The molecule has 0 atom stereocenters. The number of benzene rings is 2. The fourth-order valence-corrected chi connectivity index (χ4v) is 5.02. The highest BCUT2D eigenvalue weighted by Crippen LogP contribution is 2.25. The number of anilines is 1. The Balaban J connectivity index is 1.61. The van der Waals surface area contributed by atoms with Crippen molar-refractivity contribution >= 4 is 44.9 Å². The molecule has 6 nitrogen and oxygen atoms in total. The monoisotopic (exact) mass is 465 g/mol. The maximum atomic E-state index is 13.2. The Morgan fingerprint density at radius 2 is 1.88 bits per heavy atom. The topological polar surface area (TPSA) is 73.2 Å². The third-order valence-electron chi connectivity index (χ3n) is 5.06. The minimum absolute atomic E-state index is 0.116. The fraction of sp³-hybridized carbons (Fsp3) is 0.208. The van der Waals surface area contributed by atoms with Crippen molar-refractivity contribution in [3.63, 3.8) is 0 Å². The minimum atomic E-state index is -0.139. The molecule has 0 aliphatic heterocycles. The van der Waals surface area contributed by atoms with Crippen LogP contribution in [0.2, 0.25) is 0 Å². The summed E-state index contributed by atoms with van der Waals surface area (Å²) in [6.07, 6.45) is 0.832. The van der Waals surface area contributed by atoms with Crippen LogP contribution in [0.4, 0.5) is 5.69 Å². The summed E-state index contributed by atoms with van der Waals surface area (Å²) in [5.41, 5.74) is 3.30. The van der Waals surface area contributed by atoms with Gasteiger partial charge in [-0.1, -0.05) is 55.1 Å². The van der Waals surface area contributed by atoms with E-state index in [1.807, 2.05) is 60.0 Å². The molecule has 0 aliphatic rings. The van der Waals surface area contributed by atoms with Gasteiger partial charge in [-0.05, 0) is 35.6 Å². The smallest absolute Gasteiger partial charge is 0.272 e. The van der Waals surface area contributed by atoms with Gasteiger partial charge in [0.2, 0.25) is 5.91 Å². The van der Waals surface area contributed by atoms with Crippen molar-refractivity contribution in [3.05, 3.63) is 81.5 Å². The molecule has 0 unspecified atom stereocenters. The van der Waals surface area contributed by atoms with Gasteiger partial charge in [0.05, 0.1) is 24.9 Å². The summed E-state index contributed by atoms with van der Waals surface area (Å²) in [5, 5.41) is 5.33. The van der Waals surface area contributed by atoms with Crippen LogP contribution in [0.1, 0.15) is 18.1 Å². The van der Waals surface area contributed by atoms with Crippen molar-refractivity contribution < 1.29 is 9.53 Å². The van der Waals surface area contributed by atoms with Crippen molar-refractivity contribution in [2.75, 3.05) is 18.2 Å². The summed E-state index contributed by atoms with van der Waals surface area (Å²) >= 11 is 2.63. The number of thioether (sulfide) groups is 1. The standard InChI is InChI=1S/C24H23N3O3S2/c1-3-16-8-4-6-10-18(16)25-21(28)15-32-24-26-19-12-13-31-22(19)23(29)27(24)14-17-9-5-7-11-20(17)30-2/h4-13H,3,14-15H2,1-2H3,(H,25,28). The molecule has 1 amide bonds. The highest BCUT2D eigenvalue weighted by molar-refractivity contribution is 7.99. The number of para-hydroxylation sites is 2. The lowest BCUT2D eigenvalue weighted by molar-refractivity contribution is -0.113. The van der Waals surface area contributed by atoms with E-state index in [9.17, 15) is 9.59 Å². The third kappa shape index (κ3) is 4.71. The molecule has 4 rings (SSSR count). The summed E-state index contributed by atoms with van der Waals surface area (Å²) in [7, 11) is 1.61. The van der Waals surface area contributed by atoms with E-state index < -0.39 is 0 Å². The second-order valence-electron chi connectivity index (χ2n) is 7.08. The van der Waals surface area contributed by atoms with Crippen LogP contribution in [-0.2, 0) is 17.8 Å². The number of hydrogen-bond acceptors (Lipinski definition) is 6. The zero-order valence-corrected chi connectivity index (χ0v) is 19.5. The first-order valence-electron chi connectivity index (χ1n) is 10.2. The predicted molar refractivity (Wildman–Crippen MR) is 131 cm³/mol. The summed E-state index contributed by atoms with van der Waals surface area (Å²) in [4.78, 5) is 30.5. The number of methoxy groups -OCH3 is 1. The van der Waals surface area contributed by atoms with Crippen molar-refractivity contribution in [3.8, 4) is 5.75 Å². The maximum absolute atomic E-state index is 13.2. The van der Waals surface area contributed by atoms with E-state index in [1.165, 1.54) is 23.1 Å². The second kappa shape index (κ2) is 10.0. The molecule has 2 heterocycles. The van der Waals surface area contributed by atoms with Gasteiger partial charge in [-0.25, -0.2) is 4.98 Å². The third-order valence-corrected chi connectivity index (χ3v) is 6.92. The van der Waals surface area contributed by atoms with Crippen LogP contribution in [0.5, 0.6) is 5.75 Å². The van der Waals surface area contributed by atoms with Crippen molar-refractivity contribution in [1.29, 1.82) is 0 Å². The van der Waals surface area contributed by atoms with Gasteiger partial charge in [-0.15, -0.1) is 11.3 Å².